The molecule has 0 fully saturated rings. The van der Waals surface area contributed by atoms with Gasteiger partial charge in [-0.05, 0) is 31.2 Å². The number of nitrogens with one attached hydrogen (secondary N) is 1. The molecule has 3 aromatic rings. The van der Waals surface area contributed by atoms with Crippen LogP contribution in [0.1, 0.15) is 17.3 Å². The lowest BCUT2D eigenvalue weighted by Crippen LogP contribution is -2.13. The molecular weight excluding hydrogens is 310 g/mol. The van der Waals surface area contributed by atoms with E-state index in [1.54, 1.807) is 30.6 Å². The van der Waals surface area contributed by atoms with Crippen molar-refractivity contribution in [3.05, 3.63) is 60.4 Å². The van der Waals surface area contributed by atoms with E-state index in [4.69, 9.17) is 4.74 Å². The monoisotopic (exact) mass is 325 g/mol. The summed E-state index contributed by atoms with van der Waals surface area (Å²) in [4.78, 5) is 21.8. The number of amides is 1. The van der Waals surface area contributed by atoms with Gasteiger partial charge in [0.2, 0.25) is 0 Å². The highest BCUT2D eigenvalue weighted by molar-refractivity contribution is 7.19. The molecule has 1 N–H and O–H groups in total. The maximum atomic E-state index is 12.4. The second-order valence-electron chi connectivity index (χ2n) is 4.63. The van der Waals surface area contributed by atoms with Crippen molar-refractivity contribution in [1.29, 1.82) is 0 Å². The van der Waals surface area contributed by atoms with Crippen LogP contribution in [-0.2, 0) is 0 Å². The number of ether oxygens (including phenoxy) is 1. The normalized spacial score (nSPS) is 10.3. The van der Waals surface area contributed by atoms with Crippen LogP contribution in [0.25, 0.3) is 10.6 Å². The van der Waals surface area contributed by atoms with Crippen molar-refractivity contribution in [2.24, 2.45) is 0 Å². The largest absolute Gasteiger partial charge is 0.493 e. The van der Waals surface area contributed by atoms with E-state index in [2.05, 4.69) is 15.3 Å². The van der Waals surface area contributed by atoms with Crippen molar-refractivity contribution in [2.45, 2.75) is 6.92 Å². The average molecular weight is 325 g/mol. The molecule has 23 heavy (non-hydrogen) atoms. The van der Waals surface area contributed by atoms with Crippen LogP contribution < -0.4 is 10.1 Å². The van der Waals surface area contributed by atoms with Crippen LogP contribution in [0.2, 0.25) is 0 Å². The van der Waals surface area contributed by atoms with Gasteiger partial charge in [0.25, 0.3) is 5.91 Å². The van der Waals surface area contributed by atoms with Gasteiger partial charge in [-0.3, -0.25) is 15.1 Å². The van der Waals surface area contributed by atoms with Crippen molar-refractivity contribution in [2.75, 3.05) is 11.9 Å². The first kappa shape index (κ1) is 15.2. The van der Waals surface area contributed by atoms with Crippen LogP contribution in [-0.4, -0.2) is 22.5 Å². The summed E-state index contributed by atoms with van der Waals surface area (Å²) < 4.78 is 5.48. The molecule has 3 rings (SSSR count). The van der Waals surface area contributed by atoms with E-state index >= 15 is 0 Å². The lowest BCUT2D eigenvalue weighted by molar-refractivity contribution is 0.102. The lowest BCUT2D eigenvalue weighted by atomic mass is 10.2. The van der Waals surface area contributed by atoms with Crippen molar-refractivity contribution >= 4 is 22.4 Å². The van der Waals surface area contributed by atoms with E-state index in [-0.39, 0.29) is 5.91 Å². The SMILES string of the molecule is CCOc1ccccc1C(=O)Nc1ncc(-c2ccccn2)s1. The first-order chi connectivity index (χ1) is 11.3. The fourth-order valence-corrected chi connectivity index (χ4v) is 2.85. The molecule has 6 heteroatoms. The molecule has 0 aliphatic heterocycles. The number of hydrogen-bond acceptors (Lipinski definition) is 5. The lowest BCUT2D eigenvalue weighted by Gasteiger charge is -2.08. The number of benzene rings is 1. The Morgan fingerprint density at radius 1 is 1.17 bits per heavy atom. The van der Waals surface area contributed by atoms with E-state index in [1.807, 2.05) is 31.2 Å². The first-order valence-corrected chi connectivity index (χ1v) is 8.00. The van der Waals surface area contributed by atoms with E-state index < -0.39 is 0 Å². The molecule has 116 valence electrons. The molecule has 2 heterocycles. The topological polar surface area (TPSA) is 64.1 Å². The summed E-state index contributed by atoms with van der Waals surface area (Å²) in [6.07, 6.45) is 3.43. The highest BCUT2D eigenvalue weighted by Crippen LogP contribution is 2.28. The van der Waals surface area contributed by atoms with E-state index in [1.165, 1.54) is 11.3 Å². The molecule has 0 saturated heterocycles. The molecule has 0 aliphatic carbocycles. The van der Waals surface area contributed by atoms with Gasteiger partial charge in [-0.25, -0.2) is 4.98 Å². The molecule has 0 saturated carbocycles. The number of nitrogens with zero attached hydrogens (tertiary/aromatic N) is 2. The van der Waals surface area contributed by atoms with Gasteiger partial charge in [0.05, 0.1) is 22.7 Å². The van der Waals surface area contributed by atoms with Gasteiger partial charge in [0.1, 0.15) is 5.75 Å². The Kier molecular flexibility index (Phi) is 4.63. The van der Waals surface area contributed by atoms with E-state index in [0.29, 0.717) is 23.1 Å². The van der Waals surface area contributed by atoms with Crippen LogP contribution in [0.5, 0.6) is 5.75 Å². The zero-order valence-corrected chi connectivity index (χ0v) is 13.3. The van der Waals surface area contributed by atoms with Gasteiger partial charge in [-0.1, -0.05) is 29.5 Å². The fraction of sp³-hybridized carbons (Fsp3) is 0.118. The number of para-hydroxylation sites is 1. The quantitative estimate of drug-likeness (QED) is 0.774. The molecule has 2 aromatic heterocycles. The summed E-state index contributed by atoms with van der Waals surface area (Å²) >= 11 is 1.38. The first-order valence-electron chi connectivity index (χ1n) is 7.18. The maximum Gasteiger partial charge on any atom is 0.261 e. The minimum Gasteiger partial charge on any atom is -0.493 e. The Hall–Kier alpha value is -2.73. The molecule has 1 amide bonds. The fourth-order valence-electron chi connectivity index (χ4n) is 2.06. The van der Waals surface area contributed by atoms with Crippen molar-refractivity contribution in [3.8, 4) is 16.3 Å². The van der Waals surface area contributed by atoms with Crippen LogP contribution in [0.4, 0.5) is 5.13 Å². The molecule has 1 aromatic carbocycles. The Labute approximate surface area is 138 Å². The van der Waals surface area contributed by atoms with Crippen LogP contribution in [0, 0.1) is 0 Å². The van der Waals surface area contributed by atoms with Crippen molar-refractivity contribution < 1.29 is 9.53 Å². The van der Waals surface area contributed by atoms with Gasteiger partial charge >= 0.3 is 0 Å². The van der Waals surface area contributed by atoms with Crippen LogP contribution >= 0.6 is 11.3 Å². The summed E-state index contributed by atoms with van der Waals surface area (Å²) in [5.74, 6) is 0.324. The second kappa shape index (κ2) is 7.02. The minimum absolute atomic E-state index is 0.240. The van der Waals surface area contributed by atoms with Gasteiger partial charge in [-0.2, -0.15) is 0 Å². The highest BCUT2D eigenvalue weighted by Gasteiger charge is 2.14. The molecule has 5 nitrogen and oxygen atoms in total. The maximum absolute atomic E-state index is 12.4. The number of hydrogen-bond donors (Lipinski definition) is 1. The molecule has 0 atom stereocenters. The molecule has 0 aliphatic rings. The molecule has 0 spiro atoms. The summed E-state index contributed by atoms with van der Waals surface area (Å²) in [7, 11) is 0. The number of carbonyl (C=O) groups excluding carboxylic acids is 1. The van der Waals surface area contributed by atoms with Crippen molar-refractivity contribution in [3.63, 3.8) is 0 Å². The third kappa shape index (κ3) is 3.54. The Bertz CT molecular complexity index is 802. The predicted octanol–water partition coefficient (Wildman–Crippen LogP) is 3.86. The summed E-state index contributed by atoms with van der Waals surface area (Å²) in [6, 6.07) is 12.8. The summed E-state index contributed by atoms with van der Waals surface area (Å²) in [5.41, 5.74) is 1.32. The van der Waals surface area contributed by atoms with E-state index in [0.717, 1.165) is 10.6 Å². The van der Waals surface area contributed by atoms with E-state index in [9.17, 15) is 4.79 Å². The van der Waals surface area contributed by atoms with Crippen LogP contribution in [0.15, 0.2) is 54.9 Å². The van der Waals surface area contributed by atoms with Gasteiger partial charge in [0.15, 0.2) is 5.13 Å². The van der Waals surface area contributed by atoms with Gasteiger partial charge in [-0.15, -0.1) is 0 Å². The average Bonchev–Trinajstić information content (AvgIpc) is 3.05. The smallest absolute Gasteiger partial charge is 0.261 e. The molecular formula is C17H15N3O2S. The third-order valence-electron chi connectivity index (χ3n) is 3.08. The zero-order chi connectivity index (χ0) is 16.1. The molecule has 0 radical (unpaired) electrons. The Morgan fingerprint density at radius 3 is 2.78 bits per heavy atom. The zero-order valence-electron chi connectivity index (χ0n) is 12.5. The second-order valence-corrected chi connectivity index (χ2v) is 5.66. The molecule has 0 unspecified atom stereocenters. The number of rotatable bonds is 5. The standard InChI is InChI=1S/C17H15N3O2S/c1-2-22-14-9-4-3-7-12(14)16(21)20-17-19-11-15(23-17)13-8-5-6-10-18-13/h3-11H,2H2,1H3,(H,19,20,21). The number of aromatic nitrogens is 2. The Morgan fingerprint density at radius 2 is 2.00 bits per heavy atom. The predicted molar refractivity (Wildman–Crippen MR) is 90.9 cm³/mol. The van der Waals surface area contributed by atoms with Crippen LogP contribution in [0.3, 0.4) is 0 Å². The Balaban J connectivity index is 1.78. The number of carbonyl (C=O) groups is 1. The highest BCUT2D eigenvalue weighted by atomic mass is 32.1. The van der Waals surface area contributed by atoms with Crippen molar-refractivity contribution in [1.82, 2.24) is 9.97 Å². The number of pyridine rings is 1. The van der Waals surface area contributed by atoms with Gasteiger partial charge in [0, 0.05) is 12.4 Å². The molecule has 0 bridgehead atoms. The minimum atomic E-state index is -0.240. The number of thiazole rings is 1. The van der Waals surface area contributed by atoms with Gasteiger partial charge < -0.3 is 4.74 Å². The number of anilines is 1. The summed E-state index contributed by atoms with van der Waals surface area (Å²) in [6.45, 7) is 2.39. The third-order valence-corrected chi connectivity index (χ3v) is 4.01. The summed E-state index contributed by atoms with van der Waals surface area (Å²) in [5, 5.41) is 3.34.